The van der Waals surface area contributed by atoms with Crippen LogP contribution in [0.15, 0.2) is 48.7 Å². The molecule has 3 heterocycles. The average Bonchev–Trinajstić information content (AvgIpc) is 3.19. The molecule has 34 heavy (non-hydrogen) atoms. The van der Waals surface area contributed by atoms with Crippen molar-refractivity contribution < 1.29 is 24.2 Å². The molecule has 0 spiro atoms. The summed E-state index contributed by atoms with van der Waals surface area (Å²) in [6, 6.07) is 12.7. The number of primary amides is 1. The number of ether oxygens (including phenoxy) is 2. The van der Waals surface area contributed by atoms with Crippen LogP contribution >= 0.6 is 0 Å². The second-order valence-corrected chi connectivity index (χ2v) is 8.36. The van der Waals surface area contributed by atoms with Gasteiger partial charge in [0.05, 0.1) is 13.2 Å². The van der Waals surface area contributed by atoms with E-state index in [1.807, 2.05) is 31.2 Å². The molecular weight excluding hydrogens is 434 g/mol. The molecule has 2 aliphatic rings. The zero-order valence-electron chi connectivity index (χ0n) is 19.1. The number of nitrogens with one attached hydrogen (secondary N) is 1. The fraction of sp³-hybridized carbons (Fsp3) is 0.269. The zero-order chi connectivity index (χ0) is 24.2. The summed E-state index contributed by atoms with van der Waals surface area (Å²) in [4.78, 5) is 26.4. The number of aliphatic hydroxyl groups is 1. The first kappa shape index (κ1) is 23.3. The molecule has 0 saturated carbocycles. The predicted octanol–water partition coefficient (Wildman–Crippen LogP) is 3.84. The van der Waals surface area contributed by atoms with E-state index in [9.17, 15) is 9.59 Å². The van der Waals surface area contributed by atoms with Gasteiger partial charge in [-0.2, -0.15) is 0 Å². The highest BCUT2D eigenvalue weighted by Crippen LogP contribution is 2.38. The number of fused-ring (bicyclic) bond motifs is 2. The van der Waals surface area contributed by atoms with Crippen LogP contribution < -0.4 is 20.5 Å². The van der Waals surface area contributed by atoms with Crippen molar-refractivity contribution in [1.29, 1.82) is 0 Å². The molecule has 2 aliphatic heterocycles. The van der Waals surface area contributed by atoms with E-state index < -0.39 is 5.91 Å². The third-order valence-electron chi connectivity index (χ3n) is 5.90. The zero-order valence-corrected chi connectivity index (χ0v) is 19.1. The molecule has 1 unspecified atom stereocenters. The van der Waals surface area contributed by atoms with Crippen molar-refractivity contribution in [3.05, 3.63) is 76.5 Å². The topological polar surface area (TPSA) is 124 Å². The number of amides is 2. The van der Waals surface area contributed by atoms with Gasteiger partial charge in [0.2, 0.25) is 11.8 Å². The molecule has 0 fully saturated rings. The maximum atomic E-state index is 11.5. The van der Waals surface area contributed by atoms with Gasteiger partial charge in [0, 0.05) is 35.2 Å². The van der Waals surface area contributed by atoms with E-state index in [-0.39, 0.29) is 12.5 Å². The Kier molecular flexibility index (Phi) is 6.79. The number of hydrogen-bond donors (Lipinski definition) is 3. The highest BCUT2D eigenvalue weighted by Gasteiger charge is 2.22. The van der Waals surface area contributed by atoms with Gasteiger partial charge in [-0.25, -0.2) is 4.98 Å². The number of aliphatic hydroxyl groups excluding tert-OH is 1. The molecule has 8 heteroatoms. The second kappa shape index (κ2) is 9.93. The van der Waals surface area contributed by atoms with Gasteiger partial charge in [-0.3, -0.25) is 9.59 Å². The van der Waals surface area contributed by atoms with Crippen molar-refractivity contribution in [1.82, 2.24) is 4.98 Å². The minimum absolute atomic E-state index is 0.000606. The fourth-order valence-corrected chi connectivity index (χ4v) is 3.92. The first-order chi connectivity index (χ1) is 16.4. The third-order valence-corrected chi connectivity index (χ3v) is 5.90. The Morgan fingerprint density at radius 1 is 1.24 bits per heavy atom. The normalized spacial score (nSPS) is 15.7. The van der Waals surface area contributed by atoms with Crippen LogP contribution in [0.1, 0.15) is 51.9 Å². The lowest BCUT2D eigenvalue weighted by Gasteiger charge is -2.19. The van der Waals surface area contributed by atoms with Gasteiger partial charge in [-0.05, 0) is 60.9 Å². The van der Waals surface area contributed by atoms with Crippen molar-refractivity contribution in [3.63, 3.8) is 0 Å². The molecule has 4 N–H and O–H groups in total. The standard InChI is InChI=1S/C17H16N2O3.C9H11NO2/c1-10-9-21-14-4-2-11(8-13(10)14)22-15-6-7-18-17-12(15)3-5-16(20)19-17;1-6-4-7(9(10)12)2-3-8(6)5-11/h2,4,6-8,10H,3,5,9H2,1H3,(H,18,19,20);2-4,11H,5H2,1H3,(H2,10,12). The molecule has 0 saturated heterocycles. The summed E-state index contributed by atoms with van der Waals surface area (Å²) < 4.78 is 11.6. The van der Waals surface area contributed by atoms with Gasteiger partial charge in [-0.15, -0.1) is 0 Å². The lowest BCUT2D eigenvalue weighted by Crippen LogP contribution is -2.20. The number of aryl methyl sites for hydroxylation is 1. The summed E-state index contributed by atoms with van der Waals surface area (Å²) in [5, 5.41) is 11.6. The minimum Gasteiger partial charge on any atom is -0.493 e. The molecular formula is C26H27N3O5. The van der Waals surface area contributed by atoms with Gasteiger partial charge >= 0.3 is 0 Å². The van der Waals surface area contributed by atoms with E-state index in [2.05, 4.69) is 17.2 Å². The van der Waals surface area contributed by atoms with E-state index in [0.29, 0.717) is 30.1 Å². The van der Waals surface area contributed by atoms with Gasteiger partial charge in [0.15, 0.2) is 0 Å². The average molecular weight is 462 g/mol. The van der Waals surface area contributed by atoms with Gasteiger partial charge in [-0.1, -0.05) is 13.0 Å². The maximum absolute atomic E-state index is 11.5. The van der Waals surface area contributed by atoms with Gasteiger partial charge in [0.1, 0.15) is 23.1 Å². The van der Waals surface area contributed by atoms with Crippen molar-refractivity contribution in [3.8, 4) is 17.2 Å². The van der Waals surface area contributed by atoms with Crippen molar-refractivity contribution in [2.45, 2.75) is 39.2 Å². The number of nitrogens with zero attached hydrogens (tertiary/aromatic N) is 1. The molecule has 3 aromatic rings. The number of rotatable bonds is 4. The van der Waals surface area contributed by atoms with Crippen LogP contribution in [0.3, 0.4) is 0 Å². The fourth-order valence-electron chi connectivity index (χ4n) is 3.92. The number of anilines is 1. The number of carbonyl (C=O) groups excluding carboxylic acids is 2. The molecule has 2 amide bonds. The molecule has 1 aromatic heterocycles. The van der Waals surface area contributed by atoms with Crippen LogP contribution in [0.5, 0.6) is 17.2 Å². The van der Waals surface area contributed by atoms with Crippen molar-refractivity contribution in [2.24, 2.45) is 5.73 Å². The SMILES string of the molecule is CC1COc2ccc(Oc3ccnc4c3CCC(=O)N4)cc21.Cc1cc(C(N)=O)ccc1CO. The Morgan fingerprint density at radius 2 is 2.06 bits per heavy atom. The first-order valence-electron chi connectivity index (χ1n) is 11.1. The second-order valence-electron chi connectivity index (χ2n) is 8.36. The molecule has 0 radical (unpaired) electrons. The molecule has 8 nitrogen and oxygen atoms in total. The number of carbonyl (C=O) groups is 2. The monoisotopic (exact) mass is 461 g/mol. The highest BCUT2D eigenvalue weighted by molar-refractivity contribution is 5.93. The van der Waals surface area contributed by atoms with E-state index in [1.54, 1.807) is 24.4 Å². The number of pyridine rings is 1. The molecule has 176 valence electrons. The van der Waals surface area contributed by atoms with E-state index in [0.717, 1.165) is 40.5 Å². The van der Waals surface area contributed by atoms with Crippen LogP contribution in [0.2, 0.25) is 0 Å². The summed E-state index contributed by atoms with van der Waals surface area (Å²) in [5.41, 5.74) is 9.38. The molecule has 5 rings (SSSR count). The van der Waals surface area contributed by atoms with Crippen LogP contribution in [0.4, 0.5) is 5.82 Å². The van der Waals surface area contributed by atoms with E-state index >= 15 is 0 Å². The molecule has 1 atom stereocenters. The predicted molar refractivity (Wildman–Crippen MR) is 127 cm³/mol. The lowest BCUT2D eigenvalue weighted by atomic mass is 10.0. The summed E-state index contributed by atoms with van der Waals surface area (Å²) in [6.07, 6.45) is 2.76. The Balaban J connectivity index is 0.000000195. The van der Waals surface area contributed by atoms with E-state index in [4.69, 9.17) is 20.3 Å². The molecule has 0 bridgehead atoms. The summed E-state index contributed by atoms with van der Waals surface area (Å²) in [5.74, 6) is 3.00. The van der Waals surface area contributed by atoms with Crippen molar-refractivity contribution in [2.75, 3.05) is 11.9 Å². The maximum Gasteiger partial charge on any atom is 0.248 e. The van der Waals surface area contributed by atoms with Gasteiger partial charge < -0.3 is 25.6 Å². The van der Waals surface area contributed by atoms with Crippen LogP contribution in [-0.4, -0.2) is 28.5 Å². The Hall–Kier alpha value is -3.91. The third kappa shape index (κ3) is 5.02. The minimum atomic E-state index is -0.442. The summed E-state index contributed by atoms with van der Waals surface area (Å²) >= 11 is 0. The Bertz CT molecular complexity index is 1240. The number of nitrogens with two attached hydrogens (primary N) is 1. The van der Waals surface area contributed by atoms with Crippen LogP contribution in [0.25, 0.3) is 0 Å². The first-order valence-corrected chi connectivity index (χ1v) is 11.1. The Morgan fingerprint density at radius 3 is 2.79 bits per heavy atom. The summed E-state index contributed by atoms with van der Waals surface area (Å²) in [6.45, 7) is 4.68. The molecule has 0 aliphatic carbocycles. The Labute approximate surface area is 197 Å². The van der Waals surface area contributed by atoms with Crippen LogP contribution in [-0.2, 0) is 17.8 Å². The molecule has 2 aromatic carbocycles. The number of hydrogen-bond acceptors (Lipinski definition) is 6. The largest absolute Gasteiger partial charge is 0.493 e. The summed E-state index contributed by atoms with van der Waals surface area (Å²) in [7, 11) is 0. The van der Waals surface area contributed by atoms with Crippen LogP contribution in [0, 0.1) is 6.92 Å². The lowest BCUT2D eigenvalue weighted by molar-refractivity contribution is -0.116. The number of benzene rings is 2. The van der Waals surface area contributed by atoms with Gasteiger partial charge in [0.25, 0.3) is 0 Å². The smallest absolute Gasteiger partial charge is 0.248 e. The quantitative estimate of drug-likeness (QED) is 0.542. The van der Waals surface area contributed by atoms with E-state index in [1.165, 1.54) is 5.56 Å². The number of aromatic nitrogens is 1. The highest BCUT2D eigenvalue weighted by atomic mass is 16.5. The van der Waals surface area contributed by atoms with Crippen molar-refractivity contribution >= 4 is 17.6 Å².